The smallest absolute Gasteiger partial charge is 0.341 e. The van der Waals surface area contributed by atoms with E-state index in [4.69, 9.17) is 24.1 Å². The van der Waals surface area contributed by atoms with Crippen molar-refractivity contribution in [3.8, 4) is 11.5 Å². The molecule has 0 unspecified atom stereocenters. The summed E-state index contributed by atoms with van der Waals surface area (Å²) in [5.41, 5.74) is 1.09. The summed E-state index contributed by atoms with van der Waals surface area (Å²) in [4.78, 5) is 33.5. The molecule has 24 heavy (non-hydrogen) atoms. The summed E-state index contributed by atoms with van der Waals surface area (Å²) in [6.45, 7) is -1.16. The predicted octanol–water partition coefficient (Wildman–Crippen LogP) is 1.21. The highest BCUT2D eigenvalue weighted by molar-refractivity contribution is 5.90. The van der Waals surface area contributed by atoms with E-state index in [0.29, 0.717) is 23.8 Å². The number of aliphatic carboxylic acids is 2. The van der Waals surface area contributed by atoms with Crippen LogP contribution in [0.1, 0.15) is 17.5 Å². The molecule has 8 heteroatoms. The van der Waals surface area contributed by atoms with Gasteiger partial charge in [0.2, 0.25) is 0 Å². The van der Waals surface area contributed by atoms with Crippen molar-refractivity contribution in [2.45, 2.75) is 19.3 Å². The Hall–Kier alpha value is -3.03. The maximum absolute atomic E-state index is 12.0. The van der Waals surface area contributed by atoms with Gasteiger partial charge in [0.15, 0.2) is 13.2 Å². The molecule has 0 fully saturated rings. The average molecular weight is 334 g/mol. The number of fused-ring (bicyclic) bond motifs is 3. The summed E-state index contributed by atoms with van der Waals surface area (Å²) in [6, 6.07) is 2.82. The zero-order valence-electron chi connectivity index (χ0n) is 12.5. The third-order valence-electron chi connectivity index (χ3n) is 3.72. The van der Waals surface area contributed by atoms with E-state index in [0.717, 1.165) is 12.0 Å². The lowest BCUT2D eigenvalue weighted by atomic mass is 10.1. The first-order chi connectivity index (χ1) is 11.5. The standard InChI is InChI=1S/C16H14O8/c17-13(18)6-22-8-4-11(23-7-14(19)20)15-9-2-1-3-10(9)16(21)24-12(15)5-8/h4-5H,1-3,6-7H2,(H,17,18)(H,19,20). The highest BCUT2D eigenvalue weighted by Gasteiger charge is 2.23. The molecule has 0 radical (unpaired) electrons. The van der Waals surface area contributed by atoms with Crippen LogP contribution in [0.15, 0.2) is 21.3 Å². The van der Waals surface area contributed by atoms with E-state index in [2.05, 4.69) is 0 Å². The number of aryl methyl sites for hydroxylation is 1. The predicted molar refractivity (Wildman–Crippen MR) is 80.8 cm³/mol. The number of benzene rings is 1. The number of carboxylic acids is 2. The van der Waals surface area contributed by atoms with Crippen LogP contribution < -0.4 is 15.1 Å². The van der Waals surface area contributed by atoms with Gasteiger partial charge in [0.25, 0.3) is 0 Å². The SMILES string of the molecule is O=C(O)COc1cc(OCC(=O)O)c2c3c(c(=O)oc2c1)CCC3. The van der Waals surface area contributed by atoms with Gasteiger partial charge in [0.1, 0.15) is 17.1 Å². The van der Waals surface area contributed by atoms with Crippen LogP contribution >= 0.6 is 0 Å². The Bertz CT molecular complexity index is 880. The minimum absolute atomic E-state index is 0.117. The van der Waals surface area contributed by atoms with Crippen LogP contribution in [0.5, 0.6) is 11.5 Å². The number of carboxylic acid groups (broad SMARTS) is 2. The molecule has 1 aliphatic carbocycles. The van der Waals surface area contributed by atoms with Crippen LogP contribution in [0, 0.1) is 0 Å². The van der Waals surface area contributed by atoms with Gasteiger partial charge in [-0.25, -0.2) is 14.4 Å². The third-order valence-corrected chi connectivity index (χ3v) is 3.72. The van der Waals surface area contributed by atoms with Gasteiger partial charge in [-0.15, -0.1) is 0 Å². The van der Waals surface area contributed by atoms with E-state index in [9.17, 15) is 14.4 Å². The normalized spacial score (nSPS) is 12.8. The lowest BCUT2D eigenvalue weighted by Crippen LogP contribution is -2.13. The summed E-state index contributed by atoms with van der Waals surface area (Å²) in [5.74, 6) is -2.02. The first kappa shape index (κ1) is 15.9. The molecule has 1 aromatic carbocycles. The summed E-state index contributed by atoms with van der Waals surface area (Å²) in [6.07, 6.45) is 2.06. The number of hydrogen-bond donors (Lipinski definition) is 2. The maximum atomic E-state index is 12.0. The van der Waals surface area contributed by atoms with Gasteiger partial charge in [0, 0.05) is 17.7 Å². The van der Waals surface area contributed by atoms with Gasteiger partial charge in [-0.05, 0) is 24.8 Å². The Morgan fingerprint density at radius 3 is 2.42 bits per heavy atom. The summed E-state index contributed by atoms with van der Waals surface area (Å²) in [5, 5.41) is 18.1. The maximum Gasteiger partial charge on any atom is 0.341 e. The molecule has 1 aromatic heterocycles. The minimum atomic E-state index is -1.17. The number of rotatable bonds is 6. The Balaban J connectivity index is 2.14. The van der Waals surface area contributed by atoms with Crippen molar-refractivity contribution in [3.05, 3.63) is 33.7 Å². The highest BCUT2D eigenvalue weighted by atomic mass is 16.5. The van der Waals surface area contributed by atoms with Crippen LogP contribution in [0.2, 0.25) is 0 Å². The van der Waals surface area contributed by atoms with Crippen molar-refractivity contribution >= 4 is 22.9 Å². The number of carbonyl (C=O) groups is 2. The second-order valence-corrected chi connectivity index (χ2v) is 5.36. The largest absolute Gasteiger partial charge is 0.482 e. The van der Waals surface area contributed by atoms with E-state index in [1.54, 1.807) is 0 Å². The Morgan fingerprint density at radius 1 is 1.04 bits per heavy atom. The summed E-state index contributed by atoms with van der Waals surface area (Å²) >= 11 is 0. The minimum Gasteiger partial charge on any atom is -0.482 e. The molecule has 0 atom stereocenters. The second kappa shape index (κ2) is 6.23. The van der Waals surface area contributed by atoms with E-state index in [1.165, 1.54) is 12.1 Å². The van der Waals surface area contributed by atoms with Gasteiger partial charge >= 0.3 is 17.6 Å². The fraction of sp³-hybridized carbons (Fsp3) is 0.312. The summed E-state index contributed by atoms with van der Waals surface area (Å²) < 4.78 is 15.7. The van der Waals surface area contributed by atoms with Crippen LogP contribution in [0.25, 0.3) is 11.0 Å². The molecule has 0 bridgehead atoms. The zero-order valence-corrected chi connectivity index (χ0v) is 12.5. The van der Waals surface area contributed by atoms with Crippen molar-refractivity contribution in [2.75, 3.05) is 13.2 Å². The molecule has 2 N–H and O–H groups in total. The van der Waals surface area contributed by atoms with Crippen LogP contribution in [0.4, 0.5) is 0 Å². The molecule has 8 nitrogen and oxygen atoms in total. The molecule has 0 aliphatic heterocycles. The van der Waals surface area contributed by atoms with Crippen molar-refractivity contribution in [3.63, 3.8) is 0 Å². The molecule has 3 rings (SSSR count). The van der Waals surface area contributed by atoms with E-state index >= 15 is 0 Å². The molecule has 0 amide bonds. The van der Waals surface area contributed by atoms with E-state index in [-0.39, 0.29) is 17.1 Å². The van der Waals surface area contributed by atoms with Gasteiger partial charge in [-0.1, -0.05) is 0 Å². The molecular weight excluding hydrogens is 320 g/mol. The van der Waals surface area contributed by atoms with Crippen LogP contribution in [-0.4, -0.2) is 35.4 Å². The lowest BCUT2D eigenvalue weighted by Gasteiger charge is -2.13. The Kier molecular flexibility index (Phi) is 4.11. The van der Waals surface area contributed by atoms with Crippen molar-refractivity contribution < 1.29 is 33.7 Å². The first-order valence-corrected chi connectivity index (χ1v) is 7.27. The molecule has 2 aromatic rings. The van der Waals surface area contributed by atoms with Crippen molar-refractivity contribution in [2.24, 2.45) is 0 Å². The van der Waals surface area contributed by atoms with Crippen LogP contribution in [-0.2, 0) is 22.4 Å². The summed E-state index contributed by atoms with van der Waals surface area (Å²) in [7, 11) is 0. The molecule has 1 heterocycles. The number of hydrogen-bond acceptors (Lipinski definition) is 6. The Morgan fingerprint density at radius 2 is 1.71 bits per heavy atom. The monoisotopic (exact) mass is 334 g/mol. The zero-order chi connectivity index (χ0) is 17.3. The average Bonchev–Trinajstić information content (AvgIpc) is 3.00. The third kappa shape index (κ3) is 3.03. The molecule has 0 saturated carbocycles. The molecule has 1 aliphatic rings. The first-order valence-electron chi connectivity index (χ1n) is 7.27. The topological polar surface area (TPSA) is 123 Å². The van der Waals surface area contributed by atoms with Gasteiger partial charge < -0.3 is 24.1 Å². The molecular formula is C16H14O8. The Labute approximate surface area is 135 Å². The van der Waals surface area contributed by atoms with Gasteiger partial charge in [-0.2, -0.15) is 0 Å². The van der Waals surface area contributed by atoms with Gasteiger partial charge in [-0.3, -0.25) is 0 Å². The quantitative estimate of drug-likeness (QED) is 0.756. The molecule has 0 spiro atoms. The van der Waals surface area contributed by atoms with Gasteiger partial charge in [0.05, 0.1) is 5.39 Å². The van der Waals surface area contributed by atoms with Crippen molar-refractivity contribution in [1.29, 1.82) is 0 Å². The molecule has 126 valence electrons. The van der Waals surface area contributed by atoms with Crippen molar-refractivity contribution in [1.82, 2.24) is 0 Å². The number of ether oxygens (including phenoxy) is 2. The van der Waals surface area contributed by atoms with E-state index in [1.807, 2.05) is 0 Å². The lowest BCUT2D eigenvalue weighted by molar-refractivity contribution is -0.140. The highest BCUT2D eigenvalue weighted by Crippen LogP contribution is 2.37. The second-order valence-electron chi connectivity index (χ2n) is 5.36. The molecule has 0 saturated heterocycles. The fourth-order valence-corrected chi connectivity index (χ4v) is 2.83. The van der Waals surface area contributed by atoms with Crippen LogP contribution in [0.3, 0.4) is 0 Å². The fourth-order valence-electron chi connectivity index (χ4n) is 2.83. The van der Waals surface area contributed by atoms with E-state index < -0.39 is 30.8 Å².